The minimum atomic E-state index is -0.380. The van der Waals surface area contributed by atoms with Gasteiger partial charge in [-0.15, -0.1) is 0 Å². The summed E-state index contributed by atoms with van der Waals surface area (Å²) < 4.78 is 4.80. The molecule has 0 saturated heterocycles. The van der Waals surface area contributed by atoms with Gasteiger partial charge in [-0.3, -0.25) is 4.79 Å². The monoisotopic (exact) mass is 157 g/mol. The van der Waals surface area contributed by atoms with Crippen LogP contribution in [0.2, 0.25) is 0 Å². The van der Waals surface area contributed by atoms with E-state index in [0.717, 1.165) is 5.57 Å². The second-order valence-electron chi connectivity index (χ2n) is 2.55. The van der Waals surface area contributed by atoms with Crippen LogP contribution in [0.4, 0.5) is 0 Å². The molecule has 0 heterocycles. The predicted octanol–water partition coefficient (Wildman–Crippen LogP) is 0.714. The fraction of sp³-hybridized carbons (Fsp3) is 0.625. The van der Waals surface area contributed by atoms with Gasteiger partial charge in [-0.2, -0.15) is 0 Å². The van der Waals surface area contributed by atoms with Crippen LogP contribution in [0.15, 0.2) is 12.2 Å². The van der Waals surface area contributed by atoms with Gasteiger partial charge in [0.2, 0.25) is 5.91 Å². The van der Waals surface area contributed by atoms with E-state index in [-0.39, 0.29) is 12.0 Å². The standard InChI is InChI=1S/C8H15NO2/c1-6(2)5-9-8(10)7(3)11-4/h7H,1,5H2,2-4H3,(H,9,10). The summed E-state index contributed by atoms with van der Waals surface area (Å²) in [6.07, 6.45) is -0.380. The summed E-state index contributed by atoms with van der Waals surface area (Å²) in [4.78, 5) is 11.0. The third-order valence-electron chi connectivity index (χ3n) is 1.29. The Morgan fingerprint density at radius 3 is 2.64 bits per heavy atom. The highest BCUT2D eigenvalue weighted by atomic mass is 16.5. The fourth-order valence-corrected chi connectivity index (χ4v) is 0.489. The molecule has 3 heteroatoms. The Morgan fingerprint density at radius 2 is 2.27 bits per heavy atom. The third kappa shape index (κ3) is 4.56. The average Bonchev–Trinajstić information content (AvgIpc) is 1.98. The maximum absolute atomic E-state index is 11.0. The van der Waals surface area contributed by atoms with E-state index in [0.29, 0.717) is 6.54 Å². The van der Waals surface area contributed by atoms with Crippen LogP contribution in [-0.4, -0.2) is 25.7 Å². The van der Waals surface area contributed by atoms with Crippen LogP contribution in [0.5, 0.6) is 0 Å². The summed E-state index contributed by atoms with van der Waals surface area (Å²) in [5.74, 6) is -0.101. The highest BCUT2D eigenvalue weighted by Crippen LogP contribution is 1.88. The van der Waals surface area contributed by atoms with E-state index >= 15 is 0 Å². The molecule has 0 radical (unpaired) electrons. The normalized spacial score (nSPS) is 12.3. The zero-order chi connectivity index (χ0) is 8.85. The molecule has 0 bridgehead atoms. The van der Waals surface area contributed by atoms with Crippen molar-refractivity contribution in [1.82, 2.24) is 5.32 Å². The lowest BCUT2D eigenvalue weighted by molar-refractivity contribution is -0.129. The predicted molar refractivity (Wildman–Crippen MR) is 44.3 cm³/mol. The Labute approximate surface area is 67.4 Å². The van der Waals surface area contributed by atoms with Crippen LogP contribution in [0.1, 0.15) is 13.8 Å². The fourth-order valence-electron chi connectivity index (χ4n) is 0.489. The molecule has 0 spiro atoms. The number of ether oxygens (including phenoxy) is 1. The zero-order valence-corrected chi connectivity index (χ0v) is 7.31. The SMILES string of the molecule is C=C(C)CNC(=O)C(C)OC. The molecule has 0 rings (SSSR count). The van der Waals surface area contributed by atoms with Gasteiger partial charge in [0.15, 0.2) is 0 Å². The highest BCUT2D eigenvalue weighted by Gasteiger charge is 2.09. The van der Waals surface area contributed by atoms with Crippen molar-refractivity contribution in [2.75, 3.05) is 13.7 Å². The zero-order valence-electron chi connectivity index (χ0n) is 7.31. The molecule has 0 aliphatic heterocycles. The summed E-state index contributed by atoms with van der Waals surface area (Å²) >= 11 is 0. The van der Waals surface area contributed by atoms with Crippen molar-refractivity contribution in [1.29, 1.82) is 0 Å². The first-order chi connectivity index (χ1) is 5.07. The summed E-state index contributed by atoms with van der Waals surface area (Å²) in [5.41, 5.74) is 0.932. The van der Waals surface area contributed by atoms with Crippen molar-refractivity contribution in [2.24, 2.45) is 0 Å². The van der Waals surface area contributed by atoms with Crippen LogP contribution in [0, 0.1) is 0 Å². The molecule has 0 aliphatic carbocycles. The van der Waals surface area contributed by atoms with Gasteiger partial charge in [-0.25, -0.2) is 0 Å². The van der Waals surface area contributed by atoms with E-state index in [9.17, 15) is 4.79 Å². The molecular formula is C8H15NO2. The van der Waals surface area contributed by atoms with Crippen LogP contribution < -0.4 is 5.32 Å². The molecule has 0 aromatic rings. The lowest BCUT2D eigenvalue weighted by Crippen LogP contribution is -2.34. The summed E-state index contributed by atoms with van der Waals surface area (Å²) in [6.45, 7) is 7.74. The van der Waals surface area contributed by atoms with Crippen LogP contribution >= 0.6 is 0 Å². The van der Waals surface area contributed by atoms with Crippen molar-refractivity contribution < 1.29 is 9.53 Å². The van der Waals surface area contributed by atoms with E-state index in [1.807, 2.05) is 6.92 Å². The number of hydrogen-bond acceptors (Lipinski definition) is 2. The van der Waals surface area contributed by atoms with E-state index in [1.54, 1.807) is 6.92 Å². The smallest absolute Gasteiger partial charge is 0.249 e. The molecule has 0 aromatic carbocycles. The first-order valence-electron chi connectivity index (χ1n) is 3.52. The molecule has 1 N–H and O–H groups in total. The second-order valence-corrected chi connectivity index (χ2v) is 2.55. The molecular weight excluding hydrogens is 142 g/mol. The largest absolute Gasteiger partial charge is 0.372 e. The molecule has 11 heavy (non-hydrogen) atoms. The number of rotatable bonds is 4. The molecule has 3 nitrogen and oxygen atoms in total. The van der Waals surface area contributed by atoms with Gasteiger partial charge in [0.05, 0.1) is 0 Å². The molecule has 0 aliphatic rings. The van der Waals surface area contributed by atoms with Gasteiger partial charge >= 0.3 is 0 Å². The summed E-state index contributed by atoms with van der Waals surface area (Å²) in [6, 6.07) is 0. The molecule has 1 unspecified atom stereocenters. The van der Waals surface area contributed by atoms with Gasteiger partial charge in [0.25, 0.3) is 0 Å². The van der Waals surface area contributed by atoms with E-state index < -0.39 is 0 Å². The minimum Gasteiger partial charge on any atom is -0.372 e. The van der Waals surface area contributed by atoms with Crippen LogP contribution in [-0.2, 0) is 9.53 Å². The van der Waals surface area contributed by atoms with Crippen molar-refractivity contribution >= 4 is 5.91 Å². The highest BCUT2D eigenvalue weighted by molar-refractivity contribution is 5.80. The van der Waals surface area contributed by atoms with E-state index in [2.05, 4.69) is 11.9 Å². The maximum Gasteiger partial charge on any atom is 0.249 e. The number of hydrogen-bond donors (Lipinski definition) is 1. The molecule has 64 valence electrons. The number of carbonyl (C=O) groups is 1. The molecule has 0 fully saturated rings. The Hall–Kier alpha value is -0.830. The maximum atomic E-state index is 11.0. The van der Waals surface area contributed by atoms with E-state index in [4.69, 9.17) is 4.74 Å². The van der Waals surface area contributed by atoms with Gasteiger partial charge in [-0.1, -0.05) is 12.2 Å². The second kappa shape index (κ2) is 4.91. The van der Waals surface area contributed by atoms with Gasteiger partial charge in [-0.05, 0) is 13.8 Å². The Balaban J connectivity index is 3.60. The van der Waals surface area contributed by atoms with Crippen molar-refractivity contribution in [2.45, 2.75) is 20.0 Å². The average molecular weight is 157 g/mol. The number of carbonyl (C=O) groups excluding carboxylic acids is 1. The molecule has 0 saturated carbocycles. The Kier molecular flexibility index (Phi) is 4.54. The minimum absolute atomic E-state index is 0.101. The lowest BCUT2D eigenvalue weighted by Gasteiger charge is -2.09. The Bertz CT molecular complexity index is 154. The molecule has 1 amide bonds. The van der Waals surface area contributed by atoms with Crippen molar-refractivity contribution in [3.63, 3.8) is 0 Å². The first-order valence-corrected chi connectivity index (χ1v) is 3.52. The van der Waals surface area contributed by atoms with Crippen LogP contribution in [0.25, 0.3) is 0 Å². The third-order valence-corrected chi connectivity index (χ3v) is 1.29. The van der Waals surface area contributed by atoms with Gasteiger partial charge < -0.3 is 10.1 Å². The number of nitrogens with one attached hydrogen (secondary N) is 1. The summed E-state index contributed by atoms with van der Waals surface area (Å²) in [7, 11) is 1.50. The summed E-state index contributed by atoms with van der Waals surface area (Å²) in [5, 5.41) is 2.67. The van der Waals surface area contributed by atoms with Gasteiger partial charge in [0.1, 0.15) is 6.10 Å². The topological polar surface area (TPSA) is 38.3 Å². The lowest BCUT2D eigenvalue weighted by atomic mass is 10.3. The van der Waals surface area contributed by atoms with E-state index in [1.165, 1.54) is 7.11 Å². The quantitative estimate of drug-likeness (QED) is 0.610. The van der Waals surface area contributed by atoms with Crippen molar-refractivity contribution in [3.05, 3.63) is 12.2 Å². The van der Waals surface area contributed by atoms with Gasteiger partial charge in [0, 0.05) is 13.7 Å². The van der Waals surface area contributed by atoms with Crippen LogP contribution in [0.3, 0.4) is 0 Å². The number of amides is 1. The first kappa shape index (κ1) is 10.2. The molecule has 1 atom stereocenters. The molecule has 0 aromatic heterocycles. The number of methoxy groups -OCH3 is 1. The Morgan fingerprint density at radius 1 is 1.73 bits per heavy atom. The van der Waals surface area contributed by atoms with Crippen molar-refractivity contribution in [3.8, 4) is 0 Å².